The van der Waals surface area contributed by atoms with Crippen molar-refractivity contribution in [2.75, 3.05) is 0 Å². The third-order valence-corrected chi connectivity index (χ3v) is 9.23. The van der Waals surface area contributed by atoms with E-state index in [1.807, 2.05) is 53.7 Å². The van der Waals surface area contributed by atoms with Crippen molar-refractivity contribution >= 4 is 23.9 Å². The predicted molar refractivity (Wildman–Crippen MR) is 150 cm³/mol. The van der Waals surface area contributed by atoms with Gasteiger partial charge in [-0.2, -0.15) is 0 Å². The Bertz CT molecular complexity index is 1510. The van der Waals surface area contributed by atoms with Gasteiger partial charge in [-0.25, -0.2) is 0 Å². The molecule has 3 heterocycles. The molecule has 1 N–H and O–H groups in total. The van der Waals surface area contributed by atoms with Crippen LogP contribution in [0.2, 0.25) is 0 Å². The summed E-state index contributed by atoms with van der Waals surface area (Å²) in [5.41, 5.74) is -1.26. The number of ketones is 2. The third-order valence-electron chi connectivity index (χ3n) is 9.23. The molecule has 7 nitrogen and oxygen atoms in total. The number of phenolic OH excluding ortho intramolecular Hbond substituents is 1. The highest BCUT2D eigenvalue weighted by Crippen LogP contribution is 2.68. The molecule has 3 aliphatic heterocycles. The van der Waals surface area contributed by atoms with Crippen LogP contribution in [0.5, 0.6) is 17.2 Å². The maximum absolute atomic E-state index is 14.5. The molecule has 40 heavy (non-hydrogen) atoms. The van der Waals surface area contributed by atoms with Crippen molar-refractivity contribution in [1.82, 2.24) is 0 Å². The molecule has 4 atom stereocenters. The molecule has 1 saturated heterocycles. The van der Waals surface area contributed by atoms with Gasteiger partial charge in [-0.3, -0.25) is 14.4 Å². The number of fused-ring (bicyclic) bond motifs is 2. The number of aromatic hydroxyl groups is 1. The Morgan fingerprint density at radius 3 is 2.48 bits per heavy atom. The quantitative estimate of drug-likeness (QED) is 0.292. The van der Waals surface area contributed by atoms with E-state index in [0.29, 0.717) is 40.9 Å². The maximum Gasteiger partial charge on any atom is 0.200 e. The van der Waals surface area contributed by atoms with Crippen molar-refractivity contribution in [3.8, 4) is 17.2 Å². The molecule has 6 aliphatic rings. The number of carbonyl (C=O) groups is 3. The number of Topliss-reactive ketones (excluding diaryl/α,β-unsaturated/α-hetero) is 2. The first-order chi connectivity index (χ1) is 18.7. The van der Waals surface area contributed by atoms with Crippen molar-refractivity contribution in [3.63, 3.8) is 0 Å². The van der Waals surface area contributed by atoms with E-state index in [-0.39, 0.29) is 41.0 Å². The fourth-order valence-electron chi connectivity index (χ4n) is 7.41. The van der Waals surface area contributed by atoms with Gasteiger partial charge in [0.05, 0.1) is 11.2 Å². The van der Waals surface area contributed by atoms with Crippen molar-refractivity contribution in [3.05, 3.63) is 57.7 Å². The van der Waals surface area contributed by atoms with Crippen molar-refractivity contribution in [2.24, 2.45) is 11.8 Å². The lowest BCUT2D eigenvalue weighted by molar-refractivity contribution is -0.171. The van der Waals surface area contributed by atoms with Gasteiger partial charge in [0.1, 0.15) is 34.7 Å². The van der Waals surface area contributed by atoms with Crippen LogP contribution >= 0.6 is 0 Å². The Morgan fingerprint density at radius 1 is 1.07 bits per heavy atom. The largest absolute Gasteiger partial charge is 0.506 e. The van der Waals surface area contributed by atoms with E-state index in [0.717, 1.165) is 11.9 Å². The molecule has 4 unspecified atom stereocenters. The number of benzene rings is 1. The van der Waals surface area contributed by atoms with Crippen LogP contribution in [0.3, 0.4) is 0 Å². The van der Waals surface area contributed by atoms with Gasteiger partial charge in [0.2, 0.25) is 0 Å². The molecular formula is C33H36O7. The Hall–Kier alpha value is -3.45. The van der Waals surface area contributed by atoms with E-state index in [1.165, 1.54) is 0 Å². The van der Waals surface area contributed by atoms with Gasteiger partial charge >= 0.3 is 0 Å². The minimum absolute atomic E-state index is 0.0905. The number of hydrogen-bond donors (Lipinski definition) is 1. The second kappa shape index (κ2) is 8.29. The van der Waals surface area contributed by atoms with Crippen LogP contribution in [-0.2, 0) is 20.7 Å². The van der Waals surface area contributed by atoms with E-state index in [4.69, 9.17) is 14.2 Å². The molecule has 4 bridgehead atoms. The highest BCUT2D eigenvalue weighted by Gasteiger charge is 2.81. The Morgan fingerprint density at radius 2 is 1.80 bits per heavy atom. The fourth-order valence-corrected chi connectivity index (χ4v) is 7.41. The van der Waals surface area contributed by atoms with Crippen LogP contribution in [0.25, 0.3) is 6.08 Å². The zero-order valence-electron chi connectivity index (χ0n) is 24.1. The molecule has 3 aliphatic carbocycles. The van der Waals surface area contributed by atoms with Crippen LogP contribution in [0, 0.1) is 11.8 Å². The van der Waals surface area contributed by atoms with E-state index in [1.54, 1.807) is 25.2 Å². The van der Waals surface area contributed by atoms with Crippen LogP contribution in [0.1, 0.15) is 82.8 Å². The van der Waals surface area contributed by atoms with Crippen LogP contribution < -0.4 is 9.47 Å². The van der Waals surface area contributed by atoms with Crippen molar-refractivity contribution in [2.45, 2.75) is 90.1 Å². The van der Waals surface area contributed by atoms with Gasteiger partial charge in [0.25, 0.3) is 0 Å². The first kappa shape index (κ1) is 26.8. The van der Waals surface area contributed by atoms with Gasteiger partial charge in [-0.1, -0.05) is 23.8 Å². The third kappa shape index (κ3) is 3.30. The van der Waals surface area contributed by atoms with Crippen LogP contribution in [-0.4, -0.2) is 45.4 Å². The summed E-state index contributed by atoms with van der Waals surface area (Å²) in [6.45, 7) is 13.4. The topological polar surface area (TPSA) is 99.1 Å². The smallest absolute Gasteiger partial charge is 0.200 e. The van der Waals surface area contributed by atoms with Gasteiger partial charge in [0, 0.05) is 29.4 Å². The number of ether oxygens (including phenoxy) is 3. The van der Waals surface area contributed by atoms with E-state index in [2.05, 4.69) is 0 Å². The first-order valence-corrected chi connectivity index (χ1v) is 13.9. The molecule has 1 saturated carbocycles. The first-order valence-electron chi connectivity index (χ1n) is 13.9. The summed E-state index contributed by atoms with van der Waals surface area (Å²) in [6, 6.07) is 0. The highest BCUT2D eigenvalue weighted by molar-refractivity contribution is 6.19. The van der Waals surface area contributed by atoms with Crippen molar-refractivity contribution in [1.29, 1.82) is 0 Å². The van der Waals surface area contributed by atoms with Crippen molar-refractivity contribution < 1.29 is 33.7 Å². The van der Waals surface area contributed by atoms with E-state index >= 15 is 0 Å². The van der Waals surface area contributed by atoms with Gasteiger partial charge < -0.3 is 19.3 Å². The van der Waals surface area contributed by atoms with Crippen LogP contribution in [0.15, 0.2) is 41.0 Å². The number of hydrogen-bond acceptors (Lipinski definition) is 7. The monoisotopic (exact) mass is 544 g/mol. The molecule has 0 aromatic heterocycles. The molecule has 1 aromatic rings. The summed E-state index contributed by atoms with van der Waals surface area (Å²) >= 11 is 0. The molecule has 1 aromatic carbocycles. The molecular weight excluding hydrogens is 508 g/mol. The minimum Gasteiger partial charge on any atom is -0.506 e. The highest BCUT2D eigenvalue weighted by atomic mass is 16.6. The van der Waals surface area contributed by atoms with Gasteiger partial charge in [-0.15, -0.1) is 0 Å². The number of phenols is 1. The summed E-state index contributed by atoms with van der Waals surface area (Å²) in [7, 11) is 0. The Kier molecular flexibility index (Phi) is 5.54. The van der Waals surface area contributed by atoms with Gasteiger partial charge in [0.15, 0.2) is 22.8 Å². The summed E-state index contributed by atoms with van der Waals surface area (Å²) in [5, 5.41) is 11.5. The van der Waals surface area contributed by atoms with Gasteiger partial charge in [-0.05, 0) is 79.0 Å². The lowest BCUT2D eigenvalue weighted by Crippen LogP contribution is -2.72. The SMILES string of the molecule is CC(C)=CCc1c2c(c(O)c3c1OC14C(=CC5CC1C(C)(C)OC4(CC=C(C)C=O)C5=O)C3=O)C=CC(C)(C)O2. The van der Waals surface area contributed by atoms with Crippen LogP contribution in [0.4, 0.5) is 0 Å². The normalized spacial score (nSPS) is 31.9. The summed E-state index contributed by atoms with van der Waals surface area (Å²) in [5.74, 6) is -0.814. The number of allylic oxidation sites excluding steroid dienone is 4. The molecule has 7 heteroatoms. The molecule has 0 amide bonds. The summed E-state index contributed by atoms with van der Waals surface area (Å²) in [4.78, 5) is 40.1. The number of carbonyl (C=O) groups excluding carboxylic acids is 3. The second-order valence-corrected chi connectivity index (χ2v) is 13.1. The summed E-state index contributed by atoms with van der Waals surface area (Å²) in [6.07, 6.45) is 10.8. The Balaban J connectivity index is 1.67. The van der Waals surface area contributed by atoms with E-state index < -0.39 is 28.3 Å². The summed E-state index contributed by atoms with van der Waals surface area (Å²) < 4.78 is 20.2. The lowest BCUT2D eigenvalue weighted by Gasteiger charge is -2.56. The molecule has 210 valence electrons. The zero-order chi connectivity index (χ0) is 29.0. The fraction of sp³-hybridized carbons (Fsp3) is 0.485. The maximum atomic E-state index is 14.5. The number of rotatable bonds is 5. The molecule has 0 radical (unpaired) electrons. The molecule has 1 spiro atoms. The Labute approximate surface area is 234 Å². The molecule has 2 fully saturated rings. The number of aldehydes is 1. The molecule has 7 rings (SSSR count). The minimum atomic E-state index is -1.49. The predicted octanol–water partition coefficient (Wildman–Crippen LogP) is 5.63. The standard InChI is InChI=1S/C33H36O7/c1-17(2)8-9-21-27-20(11-12-30(4,5)38-27)25(35)24-26(36)22-14-19-15-23-31(6,7)40-32(29(19)37,13-10-18(3)16-34)33(22,23)39-28(21)24/h8,10-12,14,16,19,23,35H,9,13,15H2,1-7H3. The lowest BCUT2D eigenvalue weighted by atomic mass is 9.51. The zero-order valence-corrected chi connectivity index (χ0v) is 24.1. The second-order valence-electron chi connectivity index (χ2n) is 13.1. The van der Waals surface area contributed by atoms with E-state index in [9.17, 15) is 19.5 Å². The average molecular weight is 545 g/mol. The average Bonchev–Trinajstić information content (AvgIpc) is 3.03.